The molecule has 1 aliphatic rings. The molecule has 2 rings (SSSR count). The molecule has 1 aromatic rings. The highest BCUT2D eigenvalue weighted by molar-refractivity contribution is 5.86. The lowest BCUT2D eigenvalue weighted by Gasteiger charge is -2.25. The average molecular weight is 305 g/mol. The zero-order valence-electron chi connectivity index (χ0n) is 11.3. The largest absolute Gasteiger partial charge is 0.348 e. The van der Waals surface area contributed by atoms with Crippen molar-refractivity contribution in [3.8, 4) is 0 Å². The SMILES string of the molecule is CC(NC(=O)C1(N)CCCC1)c1ccc(F)cc1F.Cl. The molecule has 1 aliphatic carbocycles. The van der Waals surface area contributed by atoms with Gasteiger partial charge < -0.3 is 11.1 Å². The summed E-state index contributed by atoms with van der Waals surface area (Å²) in [4.78, 5) is 12.1. The Labute approximate surface area is 123 Å². The van der Waals surface area contributed by atoms with E-state index in [9.17, 15) is 13.6 Å². The van der Waals surface area contributed by atoms with Gasteiger partial charge in [0.1, 0.15) is 11.6 Å². The quantitative estimate of drug-likeness (QED) is 0.902. The highest BCUT2D eigenvalue weighted by Crippen LogP contribution is 2.28. The van der Waals surface area contributed by atoms with Crippen LogP contribution in [0.1, 0.15) is 44.2 Å². The van der Waals surface area contributed by atoms with E-state index in [2.05, 4.69) is 5.32 Å². The van der Waals surface area contributed by atoms with Crippen molar-refractivity contribution in [2.45, 2.75) is 44.2 Å². The number of nitrogens with two attached hydrogens (primary N) is 1. The first-order chi connectivity index (χ1) is 8.92. The summed E-state index contributed by atoms with van der Waals surface area (Å²) in [6.07, 6.45) is 3.17. The van der Waals surface area contributed by atoms with Gasteiger partial charge in [0, 0.05) is 11.6 Å². The van der Waals surface area contributed by atoms with Gasteiger partial charge in [-0.05, 0) is 25.8 Å². The Morgan fingerprint density at radius 3 is 2.50 bits per heavy atom. The molecule has 112 valence electrons. The molecule has 0 spiro atoms. The molecule has 20 heavy (non-hydrogen) atoms. The molecule has 1 amide bonds. The first-order valence-electron chi connectivity index (χ1n) is 6.47. The number of benzene rings is 1. The molecule has 1 atom stereocenters. The third-order valence-corrected chi connectivity index (χ3v) is 3.72. The van der Waals surface area contributed by atoms with Crippen LogP contribution in [0.5, 0.6) is 0 Å². The van der Waals surface area contributed by atoms with Crippen molar-refractivity contribution >= 4 is 18.3 Å². The maximum Gasteiger partial charge on any atom is 0.240 e. The minimum atomic E-state index is -0.842. The number of carbonyl (C=O) groups is 1. The standard InChI is InChI=1S/C14H18F2N2O.ClH/c1-9(11-5-4-10(15)8-12(11)16)18-13(19)14(17)6-2-3-7-14;/h4-5,8-9H,2-3,6-7,17H2,1H3,(H,18,19);1H. The Morgan fingerprint density at radius 2 is 1.95 bits per heavy atom. The first-order valence-corrected chi connectivity index (χ1v) is 6.47. The van der Waals surface area contributed by atoms with Crippen molar-refractivity contribution in [1.29, 1.82) is 0 Å². The van der Waals surface area contributed by atoms with Gasteiger partial charge in [0.05, 0.1) is 11.6 Å². The van der Waals surface area contributed by atoms with E-state index in [4.69, 9.17) is 5.73 Å². The third kappa shape index (κ3) is 3.46. The van der Waals surface area contributed by atoms with E-state index in [1.54, 1.807) is 6.92 Å². The Balaban J connectivity index is 0.00000200. The van der Waals surface area contributed by atoms with E-state index in [0.717, 1.165) is 18.9 Å². The average Bonchev–Trinajstić information content (AvgIpc) is 2.77. The molecule has 0 saturated heterocycles. The van der Waals surface area contributed by atoms with Crippen LogP contribution in [0.25, 0.3) is 0 Å². The number of carbonyl (C=O) groups excluding carboxylic acids is 1. The normalized spacial score (nSPS) is 18.2. The predicted molar refractivity (Wildman–Crippen MR) is 75.6 cm³/mol. The van der Waals surface area contributed by atoms with E-state index in [1.165, 1.54) is 12.1 Å². The second-order valence-electron chi connectivity index (χ2n) is 5.22. The number of hydrogen-bond acceptors (Lipinski definition) is 2. The molecule has 0 radical (unpaired) electrons. The monoisotopic (exact) mass is 304 g/mol. The lowest BCUT2D eigenvalue weighted by Crippen LogP contribution is -2.52. The molecule has 1 fully saturated rings. The number of nitrogens with one attached hydrogen (secondary N) is 1. The Morgan fingerprint density at radius 1 is 1.35 bits per heavy atom. The fourth-order valence-corrected chi connectivity index (χ4v) is 2.50. The molecular formula is C14H19ClF2N2O. The summed E-state index contributed by atoms with van der Waals surface area (Å²) in [6, 6.07) is 2.79. The first kappa shape index (κ1) is 16.9. The molecule has 1 saturated carbocycles. The van der Waals surface area contributed by atoms with Crippen LogP contribution in [0.3, 0.4) is 0 Å². The van der Waals surface area contributed by atoms with Crippen LogP contribution in [0.15, 0.2) is 18.2 Å². The van der Waals surface area contributed by atoms with E-state index >= 15 is 0 Å². The summed E-state index contributed by atoms with van der Waals surface area (Å²) in [5.74, 6) is -1.56. The van der Waals surface area contributed by atoms with Crippen molar-refractivity contribution in [2.24, 2.45) is 5.73 Å². The minimum absolute atomic E-state index is 0. The molecule has 0 aliphatic heterocycles. The molecular weight excluding hydrogens is 286 g/mol. The summed E-state index contributed by atoms with van der Waals surface area (Å²) in [5, 5.41) is 2.71. The van der Waals surface area contributed by atoms with E-state index in [0.29, 0.717) is 12.8 Å². The fraction of sp³-hybridized carbons (Fsp3) is 0.500. The van der Waals surface area contributed by atoms with Crippen LogP contribution < -0.4 is 11.1 Å². The van der Waals surface area contributed by atoms with Crippen LogP contribution in [0.4, 0.5) is 8.78 Å². The zero-order chi connectivity index (χ0) is 14.0. The van der Waals surface area contributed by atoms with Gasteiger partial charge in [-0.2, -0.15) is 0 Å². The molecule has 0 aromatic heterocycles. The molecule has 0 bridgehead atoms. The van der Waals surface area contributed by atoms with Gasteiger partial charge in [-0.25, -0.2) is 8.78 Å². The summed E-state index contributed by atoms with van der Waals surface area (Å²) in [6.45, 7) is 1.66. The van der Waals surface area contributed by atoms with Gasteiger partial charge in [0.15, 0.2) is 0 Å². The third-order valence-electron chi connectivity index (χ3n) is 3.72. The van der Waals surface area contributed by atoms with Gasteiger partial charge in [0.25, 0.3) is 0 Å². The van der Waals surface area contributed by atoms with E-state index < -0.39 is 23.2 Å². The van der Waals surface area contributed by atoms with E-state index in [-0.39, 0.29) is 23.9 Å². The molecule has 3 N–H and O–H groups in total. The van der Waals surface area contributed by atoms with Crippen LogP contribution in [-0.4, -0.2) is 11.4 Å². The van der Waals surface area contributed by atoms with Crippen molar-refractivity contribution < 1.29 is 13.6 Å². The van der Waals surface area contributed by atoms with Crippen molar-refractivity contribution in [2.75, 3.05) is 0 Å². The van der Waals surface area contributed by atoms with Gasteiger partial charge in [-0.15, -0.1) is 12.4 Å². The van der Waals surface area contributed by atoms with Crippen LogP contribution in [-0.2, 0) is 4.79 Å². The second kappa shape index (κ2) is 6.50. The maximum atomic E-state index is 13.6. The summed E-state index contributed by atoms with van der Waals surface area (Å²) >= 11 is 0. The highest BCUT2D eigenvalue weighted by Gasteiger charge is 2.37. The predicted octanol–water partition coefficient (Wildman–Crippen LogP) is 2.84. The number of amides is 1. The zero-order valence-corrected chi connectivity index (χ0v) is 12.1. The van der Waals surface area contributed by atoms with Gasteiger partial charge in [-0.3, -0.25) is 4.79 Å². The summed E-state index contributed by atoms with van der Waals surface area (Å²) < 4.78 is 26.4. The Hall–Kier alpha value is -1.20. The van der Waals surface area contributed by atoms with Crippen LogP contribution >= 0.6 is 12.4 Å². The van der Waals surface area contributed by atoms with Crippen molar-refractivity contribution in [3.63, 3.8) is 0 Å². The van der Waals surface area contributed by atoms with Gasteiger partial charge in [0.2, 0.25) is 5.91 Å². The molecule has 3 nitrogen and oxygen atoms in total. The lowest BCUT2D eigenvalue weighted by molar-refractivity contribution is -0.126. The van der Waals surface area contributed by atoms with Gasteiger partial charge >= 0.3 is 0 Å². The molecule has 1 aromatic carbocycles. The molecule has 1 unspecified atom stereocenters. The Bertz CT molecular complexity index is 490. The summed E-state index contributed by atoms with van der Waals surface area (Å²) in [5.41, 5.74) is 5.44. The highest BCUT2D eigenvalue weighted by atomic mass is 35.5. The lowest BCUT2D eigenvalue weighted by atomic mass is 9.97. The smallest absolute Gasteiger partial charge is 0.240 e. The number of rotatable bonds is 3. The second-order valence-corrected chi connectivity index (χ2v) is 5.22. The Kier molecular flexibility index (Phi) is 5.48. The van der Waals surface area contributed by atoms with Crippen LogP contribution in [0, 0.1) is 11.6 Å². The molecule has 0 heterocycles. The van der Waals surface area contributed by atoms with E-state index in [1.807, 2.05) is 0 Å². The topological polar surface area (TPSA) is 55.1 Å². The summed E-state index contributed by atoms with van der Waals surface area (Å²) in [7, 11) is 0. The maximum absolute atomic E-state index is 13.6. The van der Waals surface area contributed by atoms with Gasteiger partial charge in [-0.1, -0.05) is 18.9 Å². The minimum Gasteiger partial charge on any atom is -0.348 e. The number of hydrogen-bond donors (Lipinski definition) is 2. The number of halogens is 3. The van der Waals surface area contributed by atoms with Crippen molar-refractivity contribution in [1.82, 2.24) is 5.32 Å². The fourth-order valence-electron chi connectivity index (χ4n) is 2.50. The molecule has 6 heteroatoms. The van der Waals surface area contributed by atoms with Crippen LogP contribution in [0.2, 0.25) is 0 Å². The van der Waals surface area contributed by atoms with Crippen molar-refractivity contribution in [3.05, 3.63) is 35.4 Å².